The van der Waals surface area contributed by atoms with E-state index in [-0.39, 0.29) is 23.0 Å². The lowest BCUT2D eigenvalue weighted by molar-refractivity contribution is -0.192. The first kappa shape index (κ1) is 28.3. The maximum atomic E-state index is 12.7. The Labute approximate surface area is 215 Å². The van der Waals surface area contributed by atoms with E-state index in [2.05, 4.69) is 26.1 Å². The number of hydrogen-bond acceptors (Lipinski definition) is 7. The highest BCUT2D eigenvalue weighted by Crippen LogP contribution is 2.29. The largest absolute Gasteiger partial charge is 0.490 e. The van der Waals surface area contributed by atoms with Gasteiger partial charge in [0.2, 0.25) is 0 Å². The molecule has 0 saturated carbocycles. The predicted molar refractivity (Wildman–Crippen MR) is 131 cm³/mol. The van der Waals surface area contributed by atoms with Gasteiger partial charge in [0.25, 0.3) is 0 Å². The lowest BCUT2D eigenvalue weighted by Gasteiger charge is -2.16. The minimum atomic E-state index is -5.08. The standard InChI is InChI=1S/C22H22N6O2S.C2HF3O2/c1-15(2)13-31(29,30)18-5-3-4-16(10-18)20(6-8-23)28-12-17(11-27-28)21-19-7-9-24-22(19)26-14-25-21;3-2(4,5)1(6)7/h3-5,7,9-12,14-15,20H,6,13H2,1-2H3,(H,24,25,26);(H,6,7). The van der Waals surface area contributed by atoms with Crippen molar-refractivity contribution in [2.75, 3.05) is 5.75 Å². The Morgan fingerprint density at radius 2 is 1.95 bits per heavy atom. The molecule has 10 nitrogen and oxygen atoms in total. The van der Waals surface area contributed by atoms with Crippen molar-refractivity contribution < 1.29 is 31.5 Å². The van der Waals surface area contributed by atoms with E-state index in [0.717, 1.165) is 27.9 Å². The minimum Gasteiger partial charge on any atom is -0.475 e. The second-order valence-electron chi connectivity index (χ2n) is 8.60. The number of sulfone groups is 1. The smallest absolute Gasteiger partial charge is 0.475 e. The summed E-state index contributed by atoms with van der Waals surface area (Å²) in [6.07, 6.45) is 1.87. The van der Waals surface area contributed by atoms with E-state index in [9.17, 15) is 26.9 Å². The third-order valence-corrected chi connectivity index (χ3v) is 7.31. The number of nitrogens with zero attached hydrogens (tertiary/aromatic N) is 5. The van der Waals surface area contributed by atoms with Crippen LogP contribution in [0.1, 0.15) is 31.9 Å². The van der Waals surface area contributed by atoms with E-state index < -0.39 is 28.0 Å². The van der Waals surface area contributed by atoms with Crippen LogP contribution in [0.25, 0.3) is 22.3 Å². The fourth-order valence-corrected chi connectivity index (χ4v) is 5.31. The minimum absolute atomic E-state index is 0.0235. The van der Waals surface area contributed by atoms with E-state index in [1.165, 1.54) is 6.33 Å². The molecule has 4 aromatic rings. The van der Waals surface area contributed by atoms with Gasteiger partial charge in [0.05, 0.1) is 41.1 Å². The monoisotopic (exact) mass is 548 g/mol. The van der Waals surface area contributed by atoms with Crippen molar-refractivity contribution in [2.45, 2.75) is 37.4 Å². The summed E-state index contributed by atoms with van der Waals surface area (Å²) in [5.74, 6) is -2.66. The summed E-state index contributed by atoms with van der Waals surface area (Å²) in [5, 5.41) is 21.9. The first-order chi connectivity index (χ1) is 17.8. The molecule has 0 fully saturated rings. The molecule has 3 heterocycles. The molecule has 3 aromatic heterocycles. The number of H-pyrrole nitrogens is 1. The summed E-state index contributed by atoms with van der Waals surface area (Å²) >= 11 is 0. The Morgan fingerprint density at radius 3 is 2.58 bits per heavy atom. The number of aromatic nitrogens is 5. The zero-order valence-electron chi connectivity index (χ0n) is 20.2. The fraction of sp³-hybridized carbons (Fsp3) is 0.292. The molecule has 0 radical (unpaired) electrons. The predicted octanol–water partition coefficient (Wildman–Crippen LogP) is 4.39. The Morgan fingerprint density at radius 1 is 1.24 bits per heavy atom. The van der Waals surface area contributed by atoms with Crippen LogP contribution in [0.15, 0.2) is 60.1 Å². The molecule has 0 amide bonds. The highest BCUT2D eigenvalue weighted by Gasteiger charge is 2.38. The number of carboxylic acids is 1. The number of carboxylic acid groups (broad SMARTS) is 1. The summed E-state index contributed by atoms with van der Waals surface area (Å²) in [6.45, 7) is 3.75. The quantitative estimate of drug-likeness (QED) is 0.345. The molecule has 1 aromatic carbocycles. The van der Waals surface area contributed by atoms with E-state index in [0.29, 0.717) is 0 Å². The third kappa shape index (κ3) is 6.74. The number of aromatic amines is 1. The van der Waals surface area contributed by atoms with E-state index in [4.69, 9.17) is 9.90 Å². The Bertz CT molecular complexity index is 1570. The van der Waals surface area contributed by atoms with Crippen LogP contribution in [-0.2, 0) is 14.6 Å². The summed E-state index contributed by atoms with van der Waals surface area (Å²) < 4.78 is 58.8. The fourth-order valence-electron chi connectivity index (χ4n) is 3.63. The van der Waals surface area contributed by atoms with Crippen molar-refractivity contribution in [3.8, 4) is 17.3 Å². The molecular formula is C24H23F3N6O4S. The van der Waals surface area contributed by atoms with Crippen molar-refractivity contribution in [3.05, 3.63) is 60.8 Å². The number of fused-ring (bicyclic) bond motifs is 1. The second-order valence-corrected chi connectivity index (χ2v) is 10.6. The zero-order valence-corrected chi connectivity index (χ0v) is 21.0. The van der Waals surface area contributed by atoms with Crippen molar-refractivity contribution >= 4 is 26.8 Å². The van der Waals surface area contributed by atoms with Gasteiger partial charge >= 0.3 is 12.1 Å². The number of alkyl halides is 3. The van der Waals surface area contributed by atoms with E-state index in [1.54, 1.807) is 35.3 Å². The molecule has 0 bridgehead atoms. The van der Waals surface area contributed by atoms with Gasteiger partial charge in [-0.25, -0.2) is 23.2 Å². The lowest BCUT2D eigenvalue weighted by atomic mass is 10.0. The van der Waals surface area contributed by atoms with Gasteiger partial charge in [-0.05, 0) is 29.7 Å². The number of hydrogen-bond donors (Lipinski definition) is 2. The van der Waals surface area contributed by atoms with Gasteiger partial charge in [-0.1, -0.05) is 26.0 Å². The Hall–Kier alpha value is -4.25. The van der Waals surface area contributed by atoms with E-state index in [1.807, 2.05) is 32.2 Å². The summed E-state index contributed by atoms with van der Waals surface area (Å²) in [5.41, 5.74) is 2.98. The molecule has 2 N–H and O–H groups in total. The van der Waals surface area contributed by atoms with E-state index >= 15 is 0 Å². The van der Waals surface area contributed by atoms with Crippen molar-refractivity contribution in [1.29, 1.82) is 5.26 Å². The van der Waals surface area contributed by atoms with Crippen LogP contribution < -0.4 is 0 Å². The van der Waals surface area contributed by atoms with Crippen LogP contribution in [0.4, 0.5) is 13.2 Å². The topological polar surface area (TPSA) is 155 Å². The summed E-state index contributed by atoms with van der Waals surface area (Å²) in [4.78, 5) is 20.8. The first-order valence-electron chi connectivity index (χ1n) is 11.2. The molecule has 38 heavy (non-hydrogen) atoms. The first-order valence-corrected chi connectivity index (χ1v) is 12.8. The van der Waals surface area contributed by atoms with Gasteiger partial charge in [-0.2, -0.15) is 23.5 Å². The second kappa shape index (κ2) is 11.4. The highest BCUT2D eigenvalue weighted by molar-refractivity contribution is 7.91. The summed E-state index contributed by atoms with van der Waals surface area (Å²) in [6, 6.07) is 10.5. The van der Waals surface area contributed by atoms with Crippen molar-refractivity contribution in [1.82, 2.24) is 24.7 Å². The van der Waals surface area contributed by atoms with Crippen molar-refractivity contribution in [2.24, 2.45) is 5.92 Å². The average molecular weight is 549 g/mol. The summed E-state index contributed by atoms with van der Waals surface area (Å²) in [7, 11) is -3.40. The number of nitrogens with one attached hydrogen (secondary N) is 1. The molecule has 0 spiro atoms. The van der Waals surface area contributed by atoms with Crippen molar-refractivity contribution in [3.63, 3.8) is 0 Å². The van der Waals surface area contributed by atoms with Gasteiger partial charge < -0.3 is 10.1 Å². The van der Waals surface area contributed by atoms with Crippen LogP contribution in [0.2, 0.25) is 0 Å². The number of nitriles is 1. The van der Waals surface area contributed by atoms with Crippen LogP contribution in [-0.4, -0.2) is 56.2 Å². The molecule has 4 rings (SSSR count). The molecule has 0 aliphatic carbocycles. The maximum absolute atomic E-state index is 12.7. The number of carbonyl (C=O) groups is 1. The normalized spacial score (nSPS) is 12.6. The van der Waals surface area contributed by atoms with Crippen LogP contribution >= 0.6 is 0 Å². The third-order valence-electron chi connectivity index (χ3n) is 5.23. The van der Waals surface area contributed by atoms with Gasteiger partial charge in [0.15, 0.2) is 9.84 Å². The number of benzene rings is 1. The van der Waals surface area contributed by atoms with Gasteiger partial charge in [0.1, 0.15) is 12.0 Å². The molecule has 0 aliphatic heterocycles. The van der Waals surface area contributed by atoms with Crippen LogP contribution in [0, 0.1) is 17.2 Å². The van der Waals surface area contributed by atoms with Gasteiger partial charge in [0, 0.05) is 23.3 Å². The Balaban J connectivity index is 0.000000505. The average Bonchev–Trinajstić information content (AvgIpc) is 3.51. The molecule has 1 unspecified atom stereocenters. The SMILES string of the molecule is CC(C)CS(=O)(=O)c1cccc(C(CC#N)n2cc(-c3ncnc4[nH]ccc34)cn2)c1.O=C(O)C(F)(F)F. The van der Waals surface area contributed by atoms with Gasteiger partial charge in [-0.3, -0.25) is 4.68 Å². The highest BCUT2D eigenvalue weighted by atomic mass is 32.2. The van der Waals surface area contributed by atoms with Gasteiger partial charge in [-0.15, -0.1) is 0 Å². The molecule has 1 atom stereocenters. The molecule has 0 aliphatic rings. The lowest BCUT2D eigenvalue weighted by Crippen LogP contribution is -2.21. The maximum Gasteiger partial charge on any atom is 0.490 e. The number of halogens is 3. The number of rotatable bonds is 7. The molecular weight excluding hydrogens is 525 g/mol. The number of aliphatic carboxylic acids is 1. The molecule has 200 valence electrons. The van der Waals surface area contributed by atoms with Crippen LogP contribution in [0.5, 0.6) is 0 Å². The molecule has 0 saturated heterocycles. The Kier molecular flexibility index (Phi) is 8.52. The zero-order chi connectivity index (χ0) is 28.1. The van der Waals surface area contributed by atoms with Crippen LogP contribution in [0.3, 0.4) is 0 Å². The molecule has 14 heteroatoms.